The van der Waals surface area contributed by atoms with Gasteiger partial charge in [0.15, 0.2) is 0 Å². The Hall–Kier alpha value is -9.74. The molecule has 812 valence electrons. The topological polar surface area (TPSA) is 450 Å². The van der Waals surface area contributed by atoms with Crippen LogP contribution in [0.2, 0.25) is 0 Å². The first-order valence-electron chi connectivity index (χ1n) is 53.4. The molecule has 9 amide bonds. The van der Waals surface area contributed by atoms with E-state index in [0.717, 1.165) is 99.2 Å². The molecule has 147 heavy (non-hydrogen) atoms. The Morgan fingerprint density at radius 2 is 0.721 bits per heavy atom. The zero-order chi connectivity index (χ0) is 104. The van der Waals surface area contributed by atoms with Gasteiger partial charge >= 0.3 is 0 Å². The van der Waals surface area contributed by atoms with Gasteiger partial charge in [0, 0.05) is 129 Å². The van der Waals surface area contributed by atoms with Gasteiger partial charge in [-0.25, -0.2) is 0 Å². The van der Waals surface area contributed by atoms with Gasteiger partial charge in [-0.1, -0.05) is 248 Å². The van der Waals surface area contributed by atoms with Crippen molar-refractivity contribution in [2.24, 2.45) is 34.6 Å². The van der Waals surface area contributed by atoms with Crippen molar-refractivity contribution in [2.75, 3.05) is 210 Å². The van der Waals surface area contributed by atoms with Crippen LogP contribution in [0.3, 0.4) is 0 Å². The van der Waals surface area contributed by atoms with Crippen molar-refractivity contribution in [1.29, 1.82) is 0 Å². The number of rotatable bonds is 64. The third kappa shape index (κ3) is 43.6. The fourth-order valence-electron chi connectivity index (χ4n) is 18.9. The fourth-order valence-corrected chi connectivity index (χ4v) is 20.1. The maximum absolute atomic E-state index is 14.1. The van der Waals surface area contributed by atoms with Crippen LogP contribution in [0.5, 0.6) is 0 Å². The molecule has 12 rings (SSSR count). The lowest BCUT2D eigenvalue weighted by molar-refractivity contribution is -0.151. The molecule has 1 aliphatic carbocycles. The summed E-state index contributed by atoms with van der Waals surface area (Å²) in [5.74, 6) is 0.549. The van der Waals surface area contributed by atoms with Crippen molar-refractivity contribution in [2.45, 2.75) is 217 Å². The number of amides is 9. The second kappa shape index (κ2) is 72.6. The number of nitrogens with one attached hydrogen (secondary N) is 4. The number of nitrogens with two attached hydrogens (primary N) is 5. The Morgan fingerprint density at radius 1 is 0.354 bits per heavy atom. The standard InChI is InChI=1S/C33H55N5O5S.C30H35N3O4.C26H41N3O4.C23H37N3O7/c1-2-3-4-5-6-7-8-9-10-11-16-30(39)38-28(32(41)36-18-20-43-22-21-42-19-17-34)23-26-14-12-13-15-27(26)33(38)37-25-44-24-29(37)31(35)40;31-14-16-36-18-19-37-17-15-32-30(35)28-21-26-8-4-5-9-27(26)22-33(28)29(34)20-23-10-12-25(13-11-23)24-6-2-1-3-7-24;27-13-15-32-17-18-33-16-14-28-26(31)24-19-22-10-4-5-11-23(22)20-29(24)25(30)12-6-9-21-7-2-1-3-8-21;1-29-10-11-32-14-15-33-18-22(27)26-17-20-5-3-2-4-19(20)16-21(26)23(28)25-7-9-31-13-12-30-8-6-24/h12-15,28-29,33H,2-11,16-25,34H2,1H3,(H2,35,40)(H,36,41);1-13,28H,14-22,31H2,(H,32,35);4-5,10-11,21,24H,1-3,6-9,12-20,27H2,(H,28,31);2-5,21H,6-18,24H2,1H3,(H,25,28). The van der Waals surface area contributed by atoms with Crippen LogP contribution in [0.25, 0.3) is 11.1 Å². The summed E-state index contributed by atoms with van der Waals surface area (Å²) < 4.78 is 58.9. The van der Waals surface area contributed by atoms with Crippen LogP contribution < -0.4 is 49.9 Å². The molecule has 6 aromatic rings. The monoisotopic (exact) mass is 2060 g/mol. The molecule has 2 fully saturated rings. The zero-order valence-corrected chi connectivity index (χ0v) is 88.0. The number of methoxy groups -OCH3 is 1. The quantitative estimate of drug-likeness (QED) is 0.0161. The maximum atomic E-state index is 14.1. The van der Waals surface area contributed by atoms with Crippen molar-refractivity contribution in [3.05, 3.63) is 202 Å². The molecule has 5 heterocycles. The van der Waals surface area contributed by atoms with E-state index in [0.29, 0.717) is 254 Å². The Balaban J connectivity index is 0.000000219. The van der Waals surface area contributed by atoms with Crippen LogP contribution in [-0.2, 0) is 147 Å². The van der Waals surface area contributed by atoms with Crippen LogP contribution in [0, 0.1) is 5.92 Å². The Morgan fingerprint density at radius 3 is 1.17 bits per heavy atom. The Labute approximate surface area is 875 Å². The molecule has 6 aromatic carbocycles. The Bertz CT molecular complexity index is 4760. The second-order valence-electron chi connectivity index (χ2n) is 37.5. The van der Waals surface area contributed by atoms with E-state index in [1.54, 1.807) is 38.5 Å². The predicted octanol–water partition coefficient (Wildman–Crippen LogP) is 9.20. The summed E-state index contributed by atoms with van der Waals surface area (Å²) in [5.41, 5.74) is 39.1. The van der Waals surface area contributed by atoms with Gasteiger partial charge in [-0.05, 0) is 86.4 Å². The van der Waals surface area contributed by atoms with Crippen molar-refractivity contribution in [3.63, 3.8) is 0 Å². The number of unbranched alkanes of at least 4 members (excludes halogenated alkanes) is 9. The molecule has 1 saturated heterocycles. The summed E-state index contributed by atoms with van der Waals surface area (Å²) in [6.07, 6.45) is 23.0. The number of hydrogen-bond acceptors (Lipinski definition) is 26. The normalized spacial score (nSPS) is 17.3. The zero-order valence-electron chi connectivity index (χ0n) is 87.2. The fraction of sp³-hybridized carbons (Fsp3) is 0.598. The molecular weight excluding hydrogens is 1890 g/mol. The summed E-state index contributed by atoms with van der Waals surface area (Å²) >= 11 is 1.62. The molecule has 0 radical (unpaired) electrons. The number of carbonyl (C=O) groups is 9. The van der Waals surface area contributed by atoms with Gasteiger partial charge in [0.2, 0.25) is 53.2 Å². The number of thioether (sulfide) groups is 1. The van der Waals surface area contributed by atoms with Crippen molar-refractivity contribution < 1.29 is 95.3 Å². The average Bonchev–Trinajstić information content (AvgIpc) is 1.74. The lowest BCUT2D eigenvalue weighted by atomic mass is 9.85. The van der Waals surface area contributed by atoms with E-state index in [-0.39, 0.29) is 60.3 Å². The summed E-state index contributed by atoms with van der Waals surface area (Å²) in [6, 6.07) is 47.3. The van der Waals surface area contributed by atoms with Gasteiger partial charge in [0.1, 0.15) is 43.0 Å². The van der Waals surface area contributed by atoms with Gasteiger partial charge in [-0.2, -0.15) is 0 Å². The van der Waals surface area contributed by atoms with E-state index < -0.39 is 42.3 Å². The minimum atomic E-state index is -0.697. The van der Waals surface area contributed by atoms with Gasteiger partial charge in [-0.3, -0.25) is 48.1 Å². The Kier molecular flexibility index (Phi) is 59.7. The molecule has 6 aliphatic rings. The van der Waals surface area contributed by atoms with Crippen LogP contribution in [0.4, 0.5) is 0 Å². The van der Waals surface area contributed by atoms with Crippen molar-refractivity contribution in [3.8, 4) is 11.1 Å². The molecule has 0 aromatic heterocycles. The second-order valence-corrected chi connectivity index (χ2v) is 38.5. The molecule has 6 atom stereocenters. The molecular formula is C112H168N14O20S. The highest BCUT2D eigenvalue weighted by Gasteiger charge is 2.48. The van der Waals surface area contributed by atoms with E-state index in [1.165, 1.54) is 77.0 Å². The van der Waals surface area contributed by atoms with E-state index in [9.17, 15) is 43.2 Å². The molecule has 34 nitrogen and oxygen atoms in total. The van der Waals surface area contributed by atoms with Crippen LogP contribution in [-0.4, -0.2) is 318 Å². The third-order valence-corrected chi connectivity index (χ3v) is 27.8. The molecule has 0 bridgehead atoms. The highest BCUT2D eigenvalue weighted by Crippen LogP contribution is 2.42. The number of primary amides is 1. The van der Waals surface area contributed by atoms with Crippen molar-refractivity contribution >= 4 is 64.9 Å². The minimum Gasteiger partial charge on any atom is -0.382 e. The number of fused-ring (bicyclic) bond motifs is 4. The summed E-state index contributed by atoms with van der Waals surface area (Å²) in [5, 5.41) is 11.8. The number of nitrogens with zero attached hydrogens (tertiary/aromatic N) is 5. The van der Waals surface area contributed by atoms with Gasteiger partial charge in [0.05, 0.1) is 139 Å². The van der Waals surface area contributed by atoms with Gasteiger partial charge in [-0.15, -0.1) is 11.8 Å². The average molecular weight is 2060 g/mol. The highest BCUT2D eigenvalue weighted by atomic mass is 32.2. The first kappa shape index (κ1) is 121. The third-order valence-electron chi connectivity index (χ3n) is 26.7. The SMILES string of the molecule is CCCCCCCCCCCCC(=O)N1C(C(=O)NCCOCCOCCN)Cc2ccccc2C1N1CSCC1C(N)=O.COCCOCCOCC(=O)N1Cc2ccccc2CC1C(=O)NCCOCCOCCN.NCCOCCOCCNC(=O)C1Cc2ccccc2CN1C(=O)CCCC1CCCCC1.NCCOCCOCCNC(=O)C1Cc2ccccc2CN1C(=O)Cc1ccc(-c2ccccc2)cc1. The number of carbonyl (C=O) groups excluding carboxylic acids is 9. The first-order valence-corrected chi connectivity index (χ1v) is 54.6. The van der Waals surface area contributed by atoms with E-state index >= 15 is 0 Å². The number of ether oxygens (including phenoxy) is 11. The molecule has 1 saturated carbocycles. The van der Waals surface area contributed by atoms with Crippen LogP contribution in [0.15, 0.2) is 152 Å². The number of benzene rings is 6. The van der Waals surface area contributed by atoms with Crippen molar-refractivity contribution in [1.82, 2.24) is 45.8 Å². The maximum Gasteiger partial charge on any atom is 0.249 e. The molecule has 5 aliphatic heterocycles. The van der Waals surface area contributed by atoms with E-state index in [1.807, 2.05) is 132 Å². The molecule has 14 N–H and O–H groups in total. The van der Waals surface area contributed by atoms with Crippen LogP contribution >= 0.6 is 11.8 Å². The van der Waals surface area contributed by atoms with E-state index in [2.05, 4.69) is 52.5 Å². The summed E-state index contributed by atoms with van der Waals surface area (Å²) in [4.78, 5) is 128. The highest BCUT2D eigenvalue weighted by molar-refractivity contribution is 7.99. The predicted molar refractivity (Wildman–Crippen MR) is 570 cm³/mol. The molecule has 6 unspecified atom stereocenters. The van der Waals surface area contributed by atoms with Gasteiger partial charge < -0.3 is 122 Å². The van der Waals surface area contributed by atoms with Crippen LogP contribution in [0.1, 0.15) is 185 Å². The largest absolute Gasteiger partial charge is 0.382 e. The first-order chi connectivity index (χ1) is 72.0. The van der Waals surface area contributed by atoms with E-state index in [4.69, 9.17) is 80.8 Å². The smallest absolute Gasteiger partial charge is 0.249 e. The molecule has 0 spiro atoms. The minimum absolute atomic E-state index is 0.0577. The molecule has 35 heteroatoms. The summed E-state index contributed by atoms with van der Waals surface area (Å²) in [6.45, 7) is 15.6. The lowest BCUT2D eigenvalue weighted by Crippen LogP contribution is -2.60. The summed E-state index contributed by atoms with van der Waals surface area (Å²) in [7, 11) is 1.61. The number of hydrogen-bond donors (Lipinski definition) is 9. The van der Waals surface area contributed by atoms with Gasteiger partial charge in [0.25, 0.3) is 0 Å². The lowest BCUT2D eigenvalue weighted by Gasteiger charge is -2.47.